The maximum atomic E-state index is 12.8. The SMILES string of the molecule is OC(Cc1ccccc1Br)C1CCCC(C(F)(F)F)C1. The van der Waals surface area contributed by atoms with Crippen LogP contribution in [0.25, 0.3) is 0 Å². The number of aliphatic hydroxyl groups excluding tert-OH is 1. The predicted molar refractivity (Wildman–Crippen MR) is 75.4 cm³/mol. The van der Waals surface area contributed by atoms with E-state index in [1.807, 2.05) is 24.3 Å². The molecule has 1 fully saturated rings. The summed E-state index contributed by atoms with van der Waals surface area (Å²) < 4.78 is 39.2. The highest BCUT2D eigenvalue weighted by atomic mass is 79.9. The Morgan fingerprint density at radius 3 is 2.60 bits per heavy atom. The lowest BCUT2D eigenvalue weighted by molar-refractivity contribution is -0.188. The lowest BCUT2D eigenvalue weighted by atomic mass is 9.77. The van der Waals surface area contributed by atoms with Gasteiger partial charge in [-0.15, -0.1) is 0 Å². The van der Waals surface area contributed by atoms with Gasteiger partial charge < -0.3 is 5.11 Å². The van der Waals surface area contributed by atoms with Crippen molar-refractivity contribution < 1.29 is 18.3 Å². The maximum Gasteiger partial charge on any atom is 0.391 e. The molecule has 2 rings (SSSR count). The molecule has 112 valence electrons. The Hall–Kier alpha value is -0.550. The lowest BCUT2D eigenvalue weighted by Crippen LogP contribution is -2.34. The summed E-state index contributed by atoms with van der Waals surface area (Å²) >= 11 is 3.40. The van der Waals surface area contributed by atoms with Gasteiger partial charge in [0.05, 0.1) is 12.0 Å². The van der Waals surface area contributed by atoms with Gasteiger partial charge in [-0.3, -0.25) is 0 Å². The molecule has 1 aliphatic carbocycles. The van der Waals surface area contributed by atoms with E-state index in [9.17, 15) is 18.3 Å². The van der Waals surface area contributed by atoms with Crippen LogP contribution in [0.1, 0.15) is 31.2 Å². The minimum absolute atomic E-state index is 0.0507. The topological polar surface area (TPSA) is 20.2 Å². The Morgan fingerprint density at radius 1 is 1.25 bits per heavy atom. The highest BCUT2D eigenvalue weighted by Crippen LogP contribution is 2.41. The quantitative estimate of drug-likeness (QED) is 0.835. The summed E-state index contributed by atoms with van der Waals surface area (Å²) in [6.07, 6.45) is -2.97. The molecular formula is C15H18BrF3O. The number of benzene rings is 1. The van der Waals surface area contributed by atoms with Crippen LogP contribution in [0.15, 0.2) is 28.7 Å². The highest BCUT2D eigenvalue weighted by Gasteiger charge is 2.43. The summed E-state index contributed by atoms with van der Waals surface area (Å²) in [5.74, 6) is -1.52. The smallest absolute Gasteiger partial charge is 0.391 e. The van der Waals surface area contributed by atoms with Crippen LogP contribution in [0, 0.1) is 11.8 Å². The molecule has 3 unspecified atom stereocenters. The van der Waals surface area contributed by atoms with E-state index in [1.165, 1.54) is 0 Å². The summed E-state index contributed by atoms with van der Waals surface area (Å²) in [5.41, 5.74) is 0.939. The third kappa shape index (κ3) is 3.98. The molecule has 1 N–H and O–H groups in total. The molecule has 3 atom stereocenters. The molecule has 0 radical (unpaired) electrons. The molecule has 0 saturated heterocycles. The monoisotopic (exact) mass is 350 g/mol. The Kier molecular flexibility index (Phi) is 5.13. The van der Waals surface area contributed by atoms with Crippen molar-refractivity contribution in [1.29, 1.82) is 0 Å². The third-order valence-electron chi connectivity index (χ3n) is 4.11. The summed E-state index contributed by atoms with van der Waals surface area (Å²) in [6, 6.07) is 7.51. The fourth-order valence-electron chi connectivity index (χ4n) is 2.93. The Morgan fingerprint density at radius 2 is 1.95 bits per heavy atom. The van der Waals surface area contributed by atoms with Crippen molar-refractivity contribution in [2.24, 2.45) is 11.8 Å². The molecule has 0 amide bonds. The van der Waals surface area contributed by atoms with E-state index in [-0.39, 0.29) is 18.8 Å². The van der Waals surface area contributed by atoms with Gasteiger partial charge in [0.1, 0.15) is 0 Å². The van der Waals surface area contributed by atoms with Crippen LogP contribution in [0.2, 0.25) is 0 Å². The summed E-state index contributed by atoms with van der Waals surface area (Å²) in [7, 11) is 0. The Bertz CT molecular complexity index is 447. The van der Waals surface area contributed by atoms with E-state index in [0.717, 1.165) is 10.0 Å². The van der Waals surface area contributed by atoms with Crippen LogP contribution in [0.3, 0.4) is 0 Å². The maximum absolute atomic E-state index is 12.8. The number of aliphatic hydroxyl groups is 1. The number of alkyl halides is 3. The van der Waals surface area contributed by atoms with Crippen LogP contribution in [0.4, 0.5) is 13.2 Å². The minimum atomic E-state index is -4.13. The fourth-order valence-corrected chi connectivity index (χ4v) is 3.38. The van der Waals surface area contributed by atoms with Gasteiger partial charge in [0.2, 0.25) is 0 Å². The molecule has 1 aromatic rings. The molecule has 1 saturated carbocycles. The van der Waals surface area contributed by atoms with Gasteiger partial charge in [-0.05, 0) is 43.2 Å². The molecule has 0 spiro atoms. The highest BCUT2D eigenvalue weighted by molar-refractivity contribution is 9.10. The van der Waals surface area contributed by atoms with Crippen LogP contribution in [-0.2, 0) is 6.42 Å². The van der Waals surface area contributed by atoms with Crippen molar-refractivity contribution >= 4 is 15.9 Å². The van der Waals surface area contributed by atoms with Crippen molar-refractivity contribution in [2.45, 2.75) is 44.4 Å². The van der Waals surface area contributed by atoms with E-state index in [1.54, 1.807) is 0 Å². The van der Waals surface area contributed by atoms with Crippen molar-refractivity contribution in [1.82, 2.24) is 0 Å². The zero-order valence-corrected chi connectivity index (χ0v) is 12.6. The Balaban J connectivity index is 1.99. The van der Waals surface area contributed by atoms with Crippen LogP contribution in [-0.4, -0.2) is 17.4 Å². The van der Waals surface area contributed by atoms with Gasteiger partial charge in [0.25, 0.3) is 0 Å². The average molecular weight is 351 g/mol. The van der Waals surface area contributed by atoms with Crippen LogP contribution in [0.5, 0.6) is 0 Å². The minimum Gasteiger partial charge on any atom is -0.392 e. The third-order valence-corrected chi connectivity index (χ3v) is 4.88. The average Bonchev–Trinajstić information content (AvgIpc) is 2.40. The fraction of sp³-hybridized carbons (Fsp3) is 0.600. The predicted octanol–water partition coefficient (Wildman–Crippen LogP) is 4.72. The number of rotatable bonds is 3. The van der Waals surface area contributed by atoms with E-state index in [0.29, 0.717) is 19.3 Å². The summed E-state index contributed by atoms with van der Waals surface area (Å²) in [6.45, 7) is 0. The second-order valence-corrected chi connectivity index (χ2v) is 6.38. The molecule has 1 aromatic carbocycles. The zero-order chi connectivity index (χ0) is 14.8. The van der Waals surface area contributed by atoms with Crippen molar-refractivity contribution in [3.05, 3.63) is 34.3 Å². The van der Waals surface area contributed by atoms with Gasteiger partial charge >= 0.3 is 6.18 Å². The van der Waals surface area contributed by atoms with E-state index >= 15 is 0 Å². The van der Waals surface area contributed by atoms with E-state index in [4.69, 9.17) is 0 Å². The molecule has 5 heteroatoms. The van der Waals surface area contributed by atoms with Gasteiger partial charge in [0.15, 0.2) is 0 Å². The standard InChI is InChI=1S/C15H18BrF3O/c16-13-7-2-1-4-10(13)9-14(20)11-5-3-6-12(8-11)15(17,18)19/h1-2,4,7,11-12,14,20H,3,5-6,8-9H2. The molecule has 1 aliphatic rings. The summed E-state index contributed by atoms with van der Waals surface area (Å²) in [4.78, 5) is 0. The lowest BCUT2D eigenvalue weighted by Gasteiger charge is -2.33. The van der Waals surface area contributed by atoms with Crippen molar-refractivity contribution in [3.63, 3.8) is 0 Å². The first-order valence-corrected chi connectivity index (χ1v) is 7.65. The first-order valence-electron chi connectivity index (χ1n) is 6.86. The molecule has 0 bridgehead atoms. The zero-order valence-electron chi connectivity index (χ0n) is 11.0. The molecule has 0 heterocycles. The van der Waals surface area contributed by atoms with E-state index < -0.39 is 18.2 Å². The molecule has 0 aromatic heterocycles. The first kappa shape index (κ1) is 15.8. The van der Waals surface area contributed by atoms with Gasteiger partial charge in [-0.25, -0.2) is 0 Å². The van der Waals surface area contributed by atoms with Gasteiger partial charge in [0, 0.05) is 4.47 Å². The normalized spacial score (nSPS) is 25.4. The van der Waals surface area contributed by atoms with Gasteiger partial charge in [-0.2, -0.15) is 13.2 Å². The molecule has 0 aliphatic heterocycles. The van der Waals surface area contributed by atoms with Crippen molar-refractivity contribution in [3.8, 4) is 0 Å². The number of halogens is 4. The van der Waals surface area contributed by atoms with Crippen molar-refractivity contribution in [2.75, 3.05) is 0 Å². The largest absolute Gasteiger partial charge is 0.392 e. The first-order chi connectivity index (χ1) is 9.38. The molecule has 1 nitrogen and oxygen atoms in total. The van der Waals surface area contributed by atoms with Crippen LogP contribution < -0.4 is 0 Å². The number of hydrogen-bond donors (Lipinski definition) is 1. The molecule has 20 heavy (non-hydrogen) atoms. The second kappa shape index (κ2) is 6.48. The Labute approximate surface area is 125 Å². The second-order valence-electron chi connectivity index (χ2n) is 5.53. The number of hydrogen-bond acceptors (Lipinski definition) is 1. The van der Waals surface area contributed by atoms with Gasteiger partial charge in [-0.1, -0.05) is 40.5 Å². The molecular weight excluding hydrogens is 333 g/mol. The summed E-state index contributed by atoms with van der Waals surface area (Å²) in [5, 5.41) is 10.2. The van der Waals surface area contributed by atoms with E-state index in [2.05, 4.69) is 15.9 Å². The van der Waals surface area contributed by atoms with Crippen LogP contribution >= 0.6 is 15.9 Å².